The van der Waals surface area contributed by atoms with E-state index in [0.717, 1.165) is 11.3 Å². The van der Waals surface area contributed by atoms with Crippen molar-refractivity contribution in [3.63, 3.8) is 0 Å². The van der Waals surface area contributed by atoms with Crippen molar-refractivity contribution < 1.29 is 28.3 Å². The highest BCUT2D eigenvalue weighted by molar-refractivity contribution is 5.91. The van der Waals surface area contributed by atoms with E-state index in [4.69, 9.17) is 0 Å². The Morgan fingerprint density at radius 1 is 1.26 bits per heavy atom. The number of nitrogens with zero attached hydrogens (tertiary/aromatic N) is 2. The molecule has 1 aliphatic carbocycles. The number of rotatable bonds is 6. The van der Waals surface area contributed by atoms with Crippen LogP contribution in [0.4, 0.5) is 8.78 Å². The van der Waals surface area contributed by atoms with Crippen LogP contribution >= 0.6 is 0 Å². The Balaban J connectivity index is 1.56. The van der Waals surface area contributed by atoms with Gasteiger partial charge in [-0.2, -0.15) is 5.26 Å². The molecule has 3 aliphatic heterocycles. The number of carbonyl (C=O) groups excluding carboxylic acids is 3. The third-order valence-electron chi connectivity index (χ3n) is 7.20. The van der Waals surface area contributed by atoms with E-state index in [2.05, 4.69) is 10.6 Å². The van der Waals surface area contributed by atoms with Crippen molar-refractivity contribution in [1.29, 1.82) is 5.26 Å². The van der Waals surface area contributed by atoms with E-state index < -0.39 is 60.2 Å². The van der Waals surface area contributed by atoms with Crippen molar-refractivity contribution in [3.05, 3.63) is 35.9 Å². The van der Waals surface area contributed by atoms with E-state index in [9.17, 15) is 33.5 Å². The molecule has 0 spiro atoms. The molecule has 4 aliphatic rings. The first-order chi connectivity index (χ1) is 16.2. The van der Waals surface area contributed by atoms with E-state index in [-0.39, 0.29) is 18.7 Å². The number of amides is 3. The lowest BCUT2D eigenvalue weighted by Gasteiger charge is -2.54. The number of fused-ring (bicyclic) bond motifs is 3. The van der Waals surface area contributed by atoms with Gasteiger partial charge in [-0.15, -0.1) is 0 Å². The molecule has 3 heterocycles. The van der Waals surface area contributed by atoms with E-state index in [1.165, 1.54) is 0 Å². The van der Waals surface area contributed by atoms with Crippen molar-refractivity contribution in [1.82, 2.24) is 15.5 Å². The molecule has 182 valence electrons. The molecule has 0 unspecified atom stereocenters. The summed E-state index contributed by atoms with van der Waals surface area (Å²) < 4.78 is 29.6. The van der Waals surface area contributed by atoms with Gasteiger partial charge in [0.15, 0.2) is 6.10 Å². The minimum absolute atomic E-state index is 0.0587. The summed E-state index contributed by atoms with van der Waals surface area (Å²) in [5.41, 5.74) is 0.304. The minimum atomic E-state index is -3.15. The fourth-order valence-corrected chi connectivity index (χ4v) is 5.49. The molecular formula is C24H28F2N4O4. The van der Waals surface area contributed by atoms with Gasteiger partial charge >= 0.3 is 0 Å². The van der Waals surface area contributed by atoms with E-state index >= 15 is 0 Å². The lowest BCUT2D eigenvalue weighted by atomic mass is 9.71. The summed E-state index contributed by atoms with van der Waals surface area (Å²) in [5, 5.41) is 25.5. The number of piperidine rings is 3. The molecule has 1 aromatic carbocycles. The Bertz CT molecular complexity index is 983. The molecular weight excluding hydrogens is 446 g/mol. The normalized spacial score (nSPS) is 29.5. The molecule has 0 radical (unpaired) electrons. The number of aliphatic hydroxyl groups excluding tert-OH is 1. The maximum absolute atomic E-state index is 14.8. The summed E-state index contributed by atoms with van der Waals surface area (Å²) in [7, 11) is 0. The molecule has 4 fully saturated rings. The second-order valence-electron chi connectivity index (χ2n) is 9.36. The molecule has 3 saturated heterocycles. The number of benzene rings is 1. The molecule has 34 heavy (non-hydrogen) atoms. The lowest BCUT2D eigenvalue weighted by molar-refractivity contribution is -0.198. The van der Waals surface area contributed by atoms with Gasteiger partial charge in [0.1, 0.15) is 12.1 Å². The number of nitrogens with one attached hydrogen (secondary N) is 2. The molecule has 3 amide bonds. The van der Waals surface area contributed by atoms with E-state index in [0.29, 0.717) is 24.9 Å². The fraction of sp³-hybridized carbons (Fsp3) is 0.583. The van der Waals surface area contributed by atoms with Gasteiger partial charge in [-0.25, -0.2) is 8.78 Å². The molecule has 6 atom stereocenters. The Kier molecular flexibility index (Phi) is 6.84. The van der Waals surface area contributed by atoms with Crippen molar-refractivity contribution >= 4 is 17.7 Å². The summed E-state index contributed by atoms with van der Waals surface area (Å²) in [6.07, 6.45) is -0.419. The summed E-state index contributed by atoms with van der Waals surface area (Å²) in [6.45, 7) is 0.556. The van der Waals surface area contributed by atoms with Gasteiger partial charge in [-0.1, -0.05) is 30.3 Å². The van der Waals surface area contributed by atoms with Crippen LogP contribution in [0.25, 0.3) is 0 Å². The SMILES string of the molecule is N#C[C@H](C[C@@H]1CCCNC1=O)NC(=O)[C@H]1[C@H]2CC[C@H](CC2(F)F)N1C(=O)[C@@H](O)c1ccccc1. The Hall–Kier alpha value is -3.06. The summed E-state index contributed by atoms with van der Waals surface area (Å²) >= 11 is 0. The van der Waals surface area contributed by atoms with Crippen LogP contribution in [0.3, 0.4) is 0 Å². The van der Waals surface area contributed by atoms with Gasteiger partial charge in [0.2, 0.25) is 11.8 Å². The molecule has 10 heteroatoms. The van der Waals surface area contributed by atoms with Crippen LogP contribution in [0.5, 0.6) is 0 Å². The van der Waals surface area contributed by atoms with Crippen molar-refractivity contribution in [2.75, 3.05) is 6.54 Å². The third kappa shape index (κ3) is 4.62. The number of hydrogen-bond acceptors (Lipinski definition) is 5. The maximum Gasteiger partial charge on any atom is 0.256 e. The Labute approximate surface area is 196 Å². The van der Waals surface area contributed by atoms with Crippen molar-refractivity contribution in [3.8, 4) is 6.07 Å². The van der Waals surface area contributed by atoms with Gasteiger partial charge < -0.3 is 20.6 Å². The van der Waals surface area contributed by atoms with Crippen LogP contribution in [-0.4, -0.2) is 58.3 Å². The molecule has 0 aromatic heterocycles. The van der Waals surface area contributed by atoms with Crippen LogP contribution in [0.15, 0.2) is 30.3 Å². The Morgan fingerprint density at radius 3 is 2.65 bits per heavy atom. The largest absolute Gasteiger partial charge is 0.378 e. The lowest BCUT2D eigenvalue weighted by Crippen LogP contribution is -2.69. The molecule has 1 saturated carbocycles. The zero-order valence-corrected chi connectivity index (χ0v) is 18.6. The third-order valence-corrected chi connectivity index (χ3v) is 7.20. The van der Waals surface area contributed by atoms with E-state index in [1.54, 1.807) is 30.3 Å². The second kappa shape index (κ2) is 9.66. The molecule has 3 N–H and O–H groups in total. The highest BCUT2D eigenvalue weighted by Crippen LogP contribution is 2.49. The van der Waals surface area contributed by atoms with Crippen LogP contribution in [0.1, 0.15) is 50.2 Å². The number of halogens is 2. The van der Waals surface area contributed by atoms with E-state index in [1.807, 2.05) is 6.07 Å². The highest BCUT2D eigenvalue weighted by atomic mass is 19.3. The standard InChI is InChI=1S/C24H28F2N4O4/c25-24(26)12-17-8-9-18(24)19(30(17)23(34)20(31)14-5-2-1-3-6-14)22(33)29-16(13-27)11-15-7-4-10-28-21(15)32/h1-3,5-6,15-20,31H,4,7-12H2,(H,28,32)(H,29,33)/t15-,16-,17+,18+,19+,20-/m0/s1. The zero-order chi connectivity index (χ0) is 24.5. The monoisotopic (exact) mass is 474 g/mol. The molecule has 1 aromatic rings. The quantitative estimate of drug-likeness (QED) is 0.579. The van der Waals surface area contributed by atoms with Gasteiger partial charge in [-0.05, 0) is 37.7 Å². The number of nitriles is 1. The highest BCUT2D eigenvalue weighted by Gasteiger charge is 2.61. The second-order valence-corrected chi connectivity index (χ2v) is 9.36. The molecule has 8 nitrogen and oxygen atoms in total. The zero-order valence-electron chi connectivity index (χ0n) is 18.6. The first-order valence-electron chi connectivity index (χ1n) is 11.6. The summed E-state index contributed by atoms with van der Waals surface area (Å²) in [6, 6.07) is 6.58. The number of hydrogen-bond donors (Lipinski definition) is 3. The maximum atomic E-state index is 14.8. The average molecular weight is 475 g/mol. The molecule has 5 rings (SSSR count). The van der Waals surface area contributed by atoms with Gasteiger partial charge in [0, 0.05) is 24.9 Å². The number of alkyl halides is 2. The van der Waals surface area contributed by atoms with Crippen LogP contribution in [-0.2, 0) is 14.4 Å². The molecule has 2 bridgehead atoms. The smallest absolute Gasteiger partial charge is 0.256 e. The summed E-state index contributed by atoms with van der Waals surface area (Å²) in [5.74, 6) is -6.89. The number of carbonyl (C=O) groups is 3. The predicted molar refractivity (Wildman–Crippen MR) is 116 cm³/mol. The van der Waals surface area contributed by atoms with Crippen LogP contribution in [0.2, 0.25) is 0 Å². The van der Waals surface area contributed by atoms with Crippen molar-refractivity contribution in [2.24, 2.45) is 11.8 Å². The van der Waals surface area contributed by atoms with Gasteiger partial charge in [0.05, 0.1) is 12.0 Å². The van der Waals surface area contributed by atoms with Crippen LogP contribution < -0.4 is 10.6 Å². The number of aliphatic hydroxyl groups is 1. The topological polar surface area (TPSA) is 123 Å². The van der Waals surface area contributed by atoms with Gasteiger partial charge in [0.25, 0.3) is 11.8 Å². The predicted octanol–water partition coefficient (Wildman–Crippen LogP) is 1.66. The van der Waals surface area contributed by atoms with Crippen LogP contribution in [0, 0.1) is 23.2 Å². The first kappa shape index (κ1) is 24.1. The average Bonchev–Trinajstić information content (AvgIpc) is 2.83. The Morgan fingerprint density at radius 2 is 2.00 bits per heavy atom. The van der Waals surface area contributed by atoms with Crippen molar-refractivity contribution in [2.45, 2.75) is 68.7 Å². The first-order valence-corrected chi connectivity index (χ1v) is 11.6. The minimum Gasteiger partial charge on any atom is -0.378 e. The fourth-order valence-electron chi connectivity index (χ4n) is 5.49. The van der Waals surface area contributed by atoms with Gasteiger partial charge in [-0.3, -0.25) is 14.4 Å². The summed E-state index contributed by atoms with van der Waals surface area (Å²) in [4.78, 5) is 39.7.